The number of thiophene rings is 1. The molecule has 0 saturated carbocycles. The smallest absolute Gasteiger partial charge is 0.306 e. The minimum atomic E-state index is -0.826. The molecule has 8 heteroatoms. The van der Waals surface area contributed by atoms with Gasteiger partial charge in [-0.25, -0.2) is 0 Å². The van der Waals surface area contributed by atoms with Gasteiger partial charge in [0.15, 0.2) is 5.78 Å². The number of hydrogen-bond acceptors (Lipinski definition) is 5. The molecule has 0 atom stereocenters. The summed E-state index contributed by atoms with van der Waals surface area (Å²) in [6, 6.07) is 1.54. The van der Waals surface area contributed by atoms with Crippen LogP contribution in [0.3, 0.4) is 0 Å². The second kappa shape index (κ2) is 7.57. The van der Waals surface area contributed by atoms with Crippen LogP contribution in [0.4, 0.5) is 0 Å². The number of carbonyl (C=O) groups excluding carboxylic acids is 3. The van der Waals surface area contributed by atoms with E-state index in [4.69, 9.17) is 5.11 Å². The highest BCUT2D eigenvalue weighted by atomic mass is 32.1. The van der Waals surface area contributed by atoms with Crippen molar-refractivity contribution in [2.24, 2.45) is 5.92 Å². The van der Waals surface area contributed by atoms with E-state index in [1.54, 1.807) is 10.3 Å². The summed E-state index contributed by atoms with van der Waals surface area (Å²) >= 11 is 1.18. The molecule has 130 valence electrons. The molecule has 0 bridgehead atoms. The second-order valence-corrected chi connectivity index (χ2v) is 6.82. The predicted molar refractivity (Wildman–Crippen MR) is 88.2 cm³/mol. The van der Waals surface area contributed by atoms with Crippen LogP contribution in [0.1, 0.15) is 39.8 Å². The van der Waals surface area contributed by atoms with E-state index in [-0.39, 0.29) is 24.1 Å². The third-order valence-corrected chi connectivity index (χ3v) is 5.05. The minimum Gasteiger partial charge on any atom is -0.481 e. The molecular formula is C16H20N2O5S. The maximum Gasteiger partial charge on any atom is 0.306 e. The highest BCUT2D eigenvalue weighted by Gasteiger charge is 2.28. The van der Waals surface area contributed by atoms with Crippen LogP contribution < -0.4 is 0 Å². The summed E-state index contributed by atoms with van der Waals surface area (Å²) in [4.78, 5) is 50.1. The van der Waals surface area contributed by atoms with Crippen molar-refractivity contribution in [1.29, 1.82) is 0 Å². The molecule has 2 rings (SSSR count). The number of likely N-dealkylation sites (tertiary alicyclic amines) is 1. The maximum atomic E-state index is 12.3. The summed E-state index contributed by atoms with van der Waals surface area (Å²) in [5.74, 6) is -1.83. The maximum absolute atomic E-state index is 12.3. The van der Waals surface area contributed by atoms with E-state index in [1.807, 2.05) is 0 Å². The average molecular weight is 352 g/mol. The van der Waals surface area contributed by atoms with Crippen molar-refractivity contribution in [3.05, 3.63) is 21.9 Å². The van der Waals surface area contributed by atoms with Crippen LogP contribution in [0, 0.1) is 5.92 Å². The van der Waals surface area contributed by atoms with Crippen molar-refractivity contribution in [2.75, 3.05) is 26.7 Å². The van der Waals surface area contributed by atoms with Crippen molar-refractivity contribution in [2.45, 2.75) is 19.8 Å². The molecule has 1 saturated heterocycles. The number of rotatable bonds is 5. The normalized spacial score (nSPS) is 15.2. The summed E-state index contributed by atoms with van der Waals surface area (Å²) in [5.41, 5.74) is 0.485. The quantitative estimate of drug-likeness (QED) is 0.807. The van der Waals surface area contributed by atoms with Gasteiger partial charge in [0, 0.05) is 31.1 Å². The largest absolute Gasteiger partial charge is 0.481 e. The van der Waals surface area contributed by atoms with Crippen molar-refractivity contribution < 1.29 is 24.3 Å². The van der Waals surface area contributed by atoms with Gasteiger partial charge in [-0.3, -0.25) is 19.2 Å². The lowest BCUT2D eigenvalue weighted by Gasteiger charge is -2.31. The molecule has 0 radical (unpaired) electrons. The van der Waals surface area contributed by atoms with Gasteiger partial charge in [0.05, 0.1) is 17.3 Å². The fourth-order valence-electron chi connectivity index (χ4n) is 2.57. The van der Waals surface area contributed by atoms with Gasteiger partial charge in [-0.15, -0.1) is 11.3 Å². The van der Waals surface area contributed by atoms with Gasteiger partial charge in [-0.2, -0.15) is 0 Å². The van der Waals surface area contributed by atoms with Gasteiger partial charge in [0.2, 0.25) is 5.91 Å². The lowest BCUT2D eigenvalue weighted by molar-refractivity contribution is -0.145. The van der Waals surface area contributed by atoms with Crippen LogP contribution in [0.25, 0.3) is 0 Å². The van der Waals surface area contributed by atoms with Crippen LogP contribution in [0.2, 0.25) is 0 Å². The molecule has 0 unspecified atom stereocenters. The number of aliphatic carboxylic acids is 1. The number of likely N-dealkylation sites (N-methyl/N-ethyl adjacent to an activating group) is 1. The molecule has 7 nitrogen and oxygen atoms in total. The van der Waals surface area contributed by atoms with E-state index < -0.39 is 11.9 Å². The monoisotopic (exact) mass is 352 g/mol. The zero-order valence-corrected chi connectivity index (χ0v) is 14.5. The zero-order valence-electron chi connectivity index (χ0n) is 13.7. The third kappa shape index (κ3) is 4.19. The molecule has 0 spiro atoms. The van der Waals surface area contributed by atoms with Gasteiger partial charge < -0.3 is 14.9 Å². The highest BCUT2D eigenvalue weighted by Crippen LogP contribution is 2.19. The van der Waals surface area contributed by atoms with Gasteiger partial charge in [0.1, 0.15) is 0 Å². The Labute approximate surface area is 143 Å². The standard InChI is InChI=1S/C16H20N2O5S/c1-10(19)12-7-13(24-9-12)15(21)17(2)8-14(20)18-5-3-11(4-6-18)16(22)23/h7,9,11H,3-6,8H2,1-2H3,(H,22,23). The number of Topliss-reactive ketones (excluding diaryl/α,β-unsaturated/α-hetero) is 1. The average Bonchev–Trinajstić information content (AvgIpc) is 3.04. The zero-order chi connectivity index (χ0) is 17.9. The van der Waals surface area contributed by atoms with E-state index in [0.29, 0.717) is 36.4 Å². The summed E-state index contributed by atoms with van der Waals surface area (Å²) < 4.78 is 0. The van der Waals surface area contributed by atoms with Crippen LogP contribution in [0.5, 0.6) is 0 Å². The molecule has 1 aliphatic heterocycles. The summed E-state index contributed by atoms with van der Waals surface area (Å²) in [5, 5.41) is 10.6. The number of piperidine rings is 1. The van der Waals surface area contributed by atoms with Crippen LogP contribution in [-0.2, 0) is 9.59 Å². The Kier molecular flexibility index (Phi) is 5.71. The lowest BCUT2D eigenvalue weighted by atomic mass is 9.97. The van der Waals surface area contributed by atoms with Gasteiger partial charge in [-0.1, -0.05) is 0 Å². The summed E-state index contributed by atoms with van der Waals surface area (Å²) in [6.45, 7) is 2.16. The fraction of sp³-hybridized carbons (Fsp3) is 0.500. The Balaban J connectivity index is 1.90. The molecule has 2 heterocycles. The first-order valence-electron chi connectivity index (χ1n) is 7.65. The molecular weight excluding hydrogens is 332 g/mol. The first-order chi connectivity index (χ1) is 11.3. The number of carboxylic acids is 1. The molecule has 1 aliphatic rings. The summed E-state index contributed by atoms with van der Waals surface area (Å²) in [7, 11) is 1.54. The molecule has 2 amide bonds. The Bertz CT molecular complexity index is 661. The molecule has 1 aromatic heterocycles. The van der Waals surface area contributed by atoms with E-state index in [2.05, 4.69) is 0 Å². The van der Waals surface area contributed by atoms with E-state index in [9.17, 15) is 19.2 Å². The first kappa shape index (κ1) is 18.1. The Morgan fingerprint density at radius 1 is 1.29 bits per heavy atom. The number of carbonyl (C=O) groups is 4. The molecule has 1 aromatic rings. The first-order valence-corrected chi connectivity index (χ1v) is 8.53. The summed E-state index contributed by atoms with van der Waals surface area (Å²) in [6.07, 6.45) is 0.872. The number of carboxylic acid groups (broad SMARTS) is 1. The SMILES string of the molecule is CC(=O)c1csc(C(=O)N(C)CC(=O)N2CCC(C(=O)O)CC2)c1. The minimum absolute atomic E-state index is 0.0656. The highest BCUT2D eigenvalue weighted by molar-refractivity contribution is 7.12. The molecule has 24 heavy (non-hydrogen) atoms. The van der Waals surface area contributed by atoms with Crippen LogP contribution >= 0.6 is 11.3 Å². The molecule has 0 aromatic carbocycles. The van der Waals surface area contributed by atoms with Gasteiger partial charge in [0.25, 0.3) is 5.91 Å². The van der Waals surface area contributed by atoms with E-state index in [1.165, 1.54) is 36.3 Å². The number of ketones is 1. The van der Waals surface area contributed by atoms with E-state index >= 15 is 0 Å². The van der Waals surface area contributed by atoms with Crippen LogP contribution in [0.15, 0.2) is 11.4 Å². The lowest BCUT2D eigenvalue weighted by Crippen LogP contribution is -2.45. The van der Waals surface area contributed by atoms with Gasteiger partial charge in [-0.05, 0) is 25.8 Å². The van der Waals surface area contributed by atoms with Crippen molar-refractivity contribution in [3.63, 3.8) is 0 Å². The predicted octanol–water partition coefficient (Wildman–Crippen LogP) is 1.35. The molecule has 1 fully saturated rings. The Morgan fingerprint density at radius 3 is 2.42 bits per heavy atom. The topological polar surface area (TPSA) is 95.0 Å². The number of nitrogens with zero attached hydrogens (tertiary/aromatic N) is 2. The Morgan fingerprint density at radius 2 is 1.92 bits per heavy atom. The van der Waals surface area contributed by atoms with Crippen molar-refractivity contribution in [1.82, 2.24) is 9.80 Å². The molecule has 1 N–H and O–H groups in total. The van der Waals surface area contributed by atoms with Crippen LogP contribution in [-0.4, -0.2) is 65.2 Å². The third-order valence-electron chi connectivity index (χ3n) is 4.13. The Hall–Kier alpha value is -2.22. The van der Waals surface area contributed by atoms with Crippen molar-refractivity contribution in [3.8, 4) is 0 Å². The van der Waals surface area contributed by atoms with Gasteiger partial charge >= 0.3 is 5.97 Å². The number of amides is 2. The number of hydrogen-bond donors (Lipinski definition) is 1. The fourth-order valence-corrected chi connectivity index (χ4v) is 3.51. The van der Waals surface area contributed by atoms with Crippen molar-refractivity contribution >= 4 is 34.9 Å². The second-order valence-electron chi connectivity index (χ2n) is 5.91. The molecule has 0 aliphatic carbocycles. The van der Waals surface area contributed by atoms with E-state index in [0.717, 1.165) is 0 Å².